The first-order chi connectivity index (χ1) is 33.5. The van der Waals surface area contributed by atoms with E-state index in [-0.39, 0.29) is 21.7 Å². The Hall–Kier alpha value is -6.58. The van der Waals surface area contributed by atoms with Crippen LogP contribution in [0.1, 0.15) is 137 Å². The summed E-state index contributed by atoms with van der Waals surface area (Å²) in [6.45, 7) is 24.3. The van der Waals surface area contributed by atoms with Crippen LogP contribution in [0.5, 0.6) is 0 Å². The summed E-state index contributed by atoms with van der Waals surface area (Å²) in [7, 11) is 0.833. The third kappa shape index (κ3) is 6.67. The second-order valence-corrected chi connectivity index (χ2v) is 24.0. The molecule has 2 aliphatic carbocycles. The maximum absolute atomic E-state index is 4.15. The van der Waals surface area contributed by atoms with E-state index in [2.05, 4.69) is 243 Å². The van der Waals surface area contributed by atoms with Gasteiger partial charge in [0.25, 0.3) is 0 Å². The van der Waals surface area contributed by atoms with E-state index in [0.717, 1.165) is 18.7 Å². The van der Waals surface area contributed by atoms with Crippen molar-refractivity contribution in [2.75, 3.05) is 10.2 Å². The largest absolute Gasteiger partial charge is 0.354 e. The zero-order valence-corrected chi connectivity index (χ0v) is 43.1. The molecule has 2 heterocycles. The second-order valence-electron chi connectivity index (χ2n) is 24.0. The number of para-hydroxylation sites is 2. The third-order valence-electron chi connectivity index (χ3n) is 17.8. The van der Waals surface area contributed by atoms with Crippen LogP contribution in [-0.4, -0.2) is 7.28 Å². The number of rotatable bonds is 5. The Labute approximate surface area is 418 Å². The van der Waals surface area contributed by atoms with Gasteiger partial charge in [-0.15, -0.1) is 0 Å². The third-order valence-corrected chi connectivity index (χ3v) is 17.8. The minimum atomic E-state index is -0.570. The van der Waals surface area contributed by atoms with Crippen LogP contribution >= 0.6 is 0 Å². The highest BCUT2D eigenvalue weighted by Gasteiger charge is 2.46. The summed E-state index contributed by atoms with van der Waals surface area (Å²) in [5.74, 6) is 0. The molecule has 0 amide bonds. The Morgan fingerprint density at radius 3 is 1.63 bits per heavy atom. The molecule has 1 N–H and O–H groups in total. The SMILES string of the molecule is Cc1cccc(C)c1-c1cc(-c2cccc3c2Nc2ccccc2C3(c2ccccc2)c2ccccc2)c2c(c1)N(c1ccc3c(c1)C(C)(C)CCC3(C)C)c1cc3c(cc1B2)C(C)(C)CCC3(C)C. The van der Waals surface area contributed by atoms with Crippen molar-refractivity contribution in [3.63, 3.8) is 0 Å². The van der Waals surface area contributed by atoms with Gasteiger partial charge in [0, 0.05) is 28.3 Å². The van der Waals surface area contributed by atoms with E-state index in [0.29, 0.717) is 0 Å². The molecule has 0 unspecified atom stereocenters. The Morgan fingerprint density at radius 1 is 0.443 bits per heavy atom. The summed E-state index contributed by atoms with van der Waals surface area (Å²) in [6, 6.07) is 63.2. The van der Waals surface area contributed by atoms with Crippen LogP contribution in [0.25, 0.3) is 22.3 Å². The summed E-state index contributed by atoms with van der Waals surface area (Å²) in [5, 5.41) is 4.15. The van der Waals surface area contributed by atoms with Crippen molar-refractivity contribution in [3.05, 3.63) is 219 Å². The molecule has 0 spiro atoms. The van der Waals surface area contributed by atoms with E-state index in [1.165, 1.54) is 132 Å². The van der Waals surface area contributed by atoms with Crippen molar-refractivity contribution in [2.24, 2.45) is 0 Å². The van der Waals surface area contributed by atoms with Crippen LogP contribution in [0.15, 0.2) is 164 Å². The summed E-state index contributed by atoms with van der Waals surface area (Å²) in [5.41, 5.74) is 27.3. The van der Waals surface area contributed by atoms with Crippen LogP contribution in [0.4, 0.5) is 28.4 Å². The molecule has 8 aromatic carbocycles. The second kappa shape index (κ2) is 15.7. The van der Waals surface area contributed by atoms with E-state index < -0.39 is 5.41 Å². The number of fused-ring (bicyclic) bond motifs is 6. The first kappa shape index (κ1) is 44.6. The highest BCUT2D eigenvalue weighted by molar-refractivity contribution is 6.73. The minimum absolute atomic E-state index is 0.0600. The van der Waals surface area contributed by atoms with Crippen LogP contribution in [0.3, 0.4) is 0 Å². The number of hydrogen-bond acceptors (Lipinski definition) is 2. The van der Waals surface area contributed by atoms with Crippen molar-refractivity contribution in [3.8, 4) is 22.3 Å². The molecule has 0 atom stereocenters. The predicted octanol–water partition coefficient (Wildman–Crippen LogP) is 15.9. The topological polar surface area (TPSA) is 15.3 Å². The fourth-order valence-electron chi connectivity index (χ4n) is 13.6. The molecular formula is C67H67BN2. The zero-order chi connectivity index (χ0) is 48.5. The quantitative estimate of drug-likeness (QED) is 0.173. The number of nitrogens with one attached hydrogen (secondary N) is 1. The first-order valence-electron chi connectivity index (χ1n) is 26.0. The fraction of sp³-hybridized carbons (Fsp3) is 0.284. The standard InChI is InChI=1S/C67H67BN2/c1-42-21-19-22-43(2)60(42)44-37-49(48-27-20-29-52-62(48)69-57-30-18-17-28-51(57)67(52,45-23-13-11-14-24-45)46-25-15-12-16-26-46)61-59(38-44)70(47-31-32-50-53(39-47)64(5,6)34-33-63(50,3)4)58-41-55-54(40-56(58)68-61)65(7,8)35-36-66(55,9)10/h11-32,37-41,68-69H,33-36H2,1-10H3. The number of anilines is 5. The van der Waals surface area contributed by atoms with Gasteiger partial charge in [-0.3, -0.25) is 0 Å². The molecule has 3 heteroatoms. The van der Waals surface area contributed by atoms with Crippen LogP contribution in [0.2, 0.25) is 0 Å². The molecule has 4 aliphatic rings. The average Bonchev–Trinajstić information content (AvgIpc) is 3.35. The maximum Gasteiger partial charge on any atom is 0.198 e. The molecule has 8 aromatic rings. The molecule has 0 saturated carbocycles. The van der Waals surface area contributed by atoms with Crippen molar-refractivity contribution in [1.29, 1.82) is 0 Å². The van der Waals surface area contributed by atoms with Gasteiger partial charge in [0.2, 0.25) is 0 Å². The number of nitrogens with zero attached hydrogens (tertiary/aromatic N) is 1. The zero-order valence-electron chi connectivity index (χ0n) is 43.1. The molecule has 0 saturated heterocycles. The van der Waals surface area contributed by atoms with Crippen LogP contribution in [0, 0.1) is 13.8 Å². The lowest BCUT2D eigenvalue weighted by Crippen LogP contribution is -2.44. The smallest absolute Gasteiger partial charge is 0.198 e. The van der Waals surface area contributed by atoms with E-state index >= 15 is 0 Å². The van der Waals surface area contributed by atoms with Crippen molar-refractivity contribution in [2.45, 2.75) is 122 Å². The lowest BCUT2D eigenvalue weighted by molar-refractivity contribution is 0.332. The molecule has 0 radical (unpaired) electrons. The van der Waals surface area contributed by atoms with E-state index in [4.69, 9.17) is 0 Å². The Kier molecular flexibility index (Phi) is 10.0. The minimum Gasteiger partial charge on any atom is -0.354 e. The van der Waals surface area contributed by atoms with Gasteiger partial charge in [0.05, 0.1) is 11.1 Å². The van der Waals surface area contributed by atoms with Gasteiger partial charge in [-0.05, 0) is 175 Å². The van der Waals surface area contributed by atoms with Gasteiger partial charge >= 0.3 is 0 Å². The van der Waals surface area contributed by atoms with Gasteiger partial charge in [-0.1, -0.05) is 188 Å². The molecule has 2 nitrogen and oxygen atoms in total. The summed E-state index contributed by atoms with van der Waals surface area (Å²) in [6.07, 6.45) is 4.72. The average molecular weight is 911 g/mol. The van der Waals surface area contributed by atoms with Gasteiger partial charge < -0.3 is 10.2 Å². The predicted molar refractivity (Wildman–Crippen MR) is 300 cm³/mol. The molecule has 2 aliphatic heterocycles. The van der Waals surface area contributed by atoms with Gasteiger partial charge in [0.15, 0.2) is 7.28 Å². The van der Waals surface area contributed by atoms with Gasteiger partial charge in [0.1, 0.15) is 0 Å². The molecule has 0 bridgehead atoms. The fourth-order valence-corrected chi connectivity index (χ4v) is 13.6. The maximum atomic E-state index is 4.15. The Morgan fingerprint density at radius 2 is 0.986 bits per heavy atom. The summed E-state index contributed by atoms with van der Waals surface area (Å²) >= 11 is 0. The monoisotopic (exact) mass is 911 g/mol. The van der Waals surface area contributed by atoms with Gasteiger partial charge in [-0.2, -0.15) is 0 Å². The van der Waals surface area contributed by atoms with E-state index in [1.807, 2.05) is 0 Å². The molecule has 348 valence electrons. The van der Waals surface area contributed by atoms with Crippen LogP contribution < -0.4 is 21.1 Å². The molecule has 0 fully saturated rings. The molecular weight excluding hydrogens is 844 g/mol. The molecule has 70 heavy (non-hydrogen) atoms. The normalized spacial score (nSPS) is 18.1. The first-order valence-corrected chi connectivity index (χ1v) is 26.0. The molecule has 12 rings (SSSR count). The highest BCUT2D eigenvalue weighted by Crippen LogP contribution is 2.57. The Bertz CT molecular complexity index is 3350. The van der Waals surface area contributed by atoms with Crippen molar-refractivity contribution < 1.29 is 0 Å². The summed E-state index contributed by atoms with van der Waals surface area (Å²) in [4.78, 5) is 2.70. The van der Waals surface area contributed by atoms with E-state index in [9.17, 15) is 0 Å². The molecule has 0 aromatic heterocycles. The number of hydrogen-bond donors (Lipinski definition) is 1. The highest BCUT2D eigenvalue weighted by atomic mass is 15.2. The summed E-state index contributed by atoms with van der Waals surface area (Å²) < 4.78 is 0. The van der Waals surface area contributed by atoms with E-state index in [1.54, 1.807) is 0 Å². The van der Waals surface area contributed by atoms with Crippen molar-refractivity contribution in [1.82, 2.24) is 0 Å². The Balaban J connectivity index is 1.20. The number of benzene rings is 8. The van der Waals surface area contributed by atoms with Crippen LogP contribution in [-0.2, 0) is 27.1 Å². The lowest BCUT2D eigenvalue weighted by Gasteiger charge is -2.45. The number of aryl methyl sites for hydroxylation is 2. The van der Waals surface area contributed by atoms with Gasteiger partial charge in [-0.25, -0.2) is 0 Å². The lowest BCUT2D eigenvalue weighted by atomic mass is 9.54. The van der Waals surface area contributed by atoms with Crippen molar-refractivity contribution >= 4 is 46.6 Å².